The van der Waals surface area contributed by atoms with Gasteiger partial charge in [0.2, 0.25) is 0 Å². The summed E-state index contributed by atoms with van der Waals surface area (Å²) in [5.41, 5.74) is 1.98. The van der Waals surface area contributed by atoms with Gasteiger partial charge in [-0.3, -0.25) is 0 Å². The molecule has 0 aliphatic heterocycles. The lowest BCUT2D eigenvalue weighted by Gasteiger charge is -1.97. The number of aliphatic hydroxyl groups excluding tert-OH is 1. The highest BCUT2D eigenvalue weighted by Crippen LogP contribution is 2.19. The summed E-state index contributed by atoms with van der Waals surface area (Å²) in [5.74, 6) is 0.794. The molecule has 78 valence electrons. The van der Waals surface area contributed by atoms with Crippen LogP contribution in [0, 0.1) is 0 Å². The van der Waals surface area contributed by atoms with Gasteiger partial charge in [0.25, 0.3) is 0 Å². The van der Waals surface area contributed by atoms with Crippen molar-refractivity contribution in [2.75, 3.05) is 6.61 Å². The van der Waals surface area contributed by atoms with Crippen LogP contribution in [0.4, 0.5) is 0 Å². The fourth-order valence-corrected chi connectivity index (χ4v) is 1.50. The molecule has 0 unspecified atom stereocenters. The van der Waals surface area contributed by atoms with Gasteiger partial charge in [0.1, 0.15) is 5.82 Å². The van der Waals surface area contributed by atoms with E-state index in [0.29, 0.717) is 11.4 Å². The number of nitrogens with zero attached hydrogens (tertiary/aromatic N) is 1. The number of hydrogen-bond donors (Lipinski definition) is 2. The van der Waals surface area contributed by atoms with Gasteiger partial charge < -0.3 is 10.1 Å². The number of H-pyrrole nitrogens is 1. The van der Waals surface area contributed by atoms with Gasteiger partial charge >= 0.3 is 0 Å². The van der Waals surface area contributed by atoms with E-state index in [1.165, 1.54) is 0 Å². The highest BCUT2D eigenvalue weighted by atomic mass is 35.5. The van der Waals surface area contributed by atoms with Gasteiger partial charge in [0.05, 0.1) is 18.5 Å². The molecule has 1 aromatic heterocycles. The van der Waals surface area contributed by atoms with Crippen molar-refractivity contribution < 1.29 is 5.11 Å². The van der Waals surface area contributed by atoms with E-state index in [4.69, 9.17) is 16.7 Å². The highest BCUT2D eigenvalue weighted by Gasteiger charge is 2.02. The van der Waals surface area contributed by atoms with Crippen molar-refractivity contribution in [2.45, 2.75) is 6.42 Å². The highest BCUT2D eigenvalue weighted by molar-refractivity contribution is 6.30. The first kappa shape index (κ1) is 10.2. The molecule has 1 aromatic carbocycles. The molecule has 0 saturated carbocycles. The van der Waals surface area contributed by atoms with Gasteiger partial charge in [-0.2, -0.15) is 0 Å². The summed E-state index contributed by atoms with van der Waals surface area (Å²) in [4.78, 5) is 7.29. The van der Waals surface area contributed by atoms with E-state index in [-0.39, 0.29) is 6.61 Å². The smallest absolute Gasteiger partial charge is 0.108 e. The number of benzene rings is 1. The van der Waals surface area contributed by atoms with Gasteiger partial charge in [0, 0.05) is 11.4 Å². The van der Waals surface area contributed by atoms with E-state index >= 15 is 0 Å². The number of nitrogens with one attached hydrogen (secondary N) is 1. The normalized spacial score (nSPS) is 10.5. The van der Waals surface area contributed by atoms with Gasteiger partial charge in [-0.05, 0) is 17.7 Å². The Bertz CT molecular complexity index is 436. The molecular formula is C11H11ClN2O. The summed E-state index contributed by atoms with van der Waals surface area (Å²) in [6.45, 7) is 0.105. The van der Waals surface area contributed by atoms with E-state index in [1.807, 2.05) is 24.3 Å². The number of aromatic nitrogens is 2. The van der Waals surface area contributed by atoms with Gasteiger partial charge in [0.15, 0.2) is 0 Å². The number of halogens is 1. The van der Waals surface area contributed by atoms with Crippen molar-refractivity contribution >= 4 is 11.6 Å². The molecule has 0 aliphatic carbocycles. The first-order valence-corrected chi connectivity index (χ1v) is 5.08. The van der Waals surface area contributed by atoms with E-state index < -0.39 is 0 Å². The largest absolute Gasteiger partial charge is 0.396 e. The third-order valence-corrected chi connectivity index (χ3v) is 2.38. The molecule has 0 atom stereocenters. The zero-order chi connectivity index (χ0) is 10.7. The first-order chi connectivity index (χ1) is 7.29. The molecular weight excluding hydrogens is 212 g/mol. The minimum atomic E-state index is 0.105. The number of aliphatic hydroxyl groups is 1. The van der Waals surface area contributed by atoms with Crippen LogP contribution >= 0.6 is 11.6 Å². The summed E-state index contributed by atoms with van der Waals surface area (Å²) in [7, 11) is 0. The maximum atomic E-state index is 8.76. The van der Waals surface area contributed by atoms with Crippen molar-refractivity contribution in [1.82, 2.24) is 9.97 Å². The molecule has 0 radical (unpaired) electrons. The van der Waals surface area contributed by atoms with Crippen LogP contribution in [-0.2, 0) is 6.42 Å². The van der Waals surface area contributed by atoms with Crippen LogP contribution in [-0.4, -0.2) is 21.7 Å². The monoisotopic (exact) mass is 222 g/mol. The second-order valence-electron chi connectivity index (χ2n) is 3.22. The summed E-state index contributed by atoms with van der Waals surface area (Å²) >= 11 is 5.80. The SMILES string of the molecule is OCCc1ncc(-c2ccc(Cl)cc2)[nH]1. The van der Waals surface area contributed by atoms with Crippen molar-refractivity contribution in [3.8, 4) is 11.3 Å². The standard InChI is InChI=1S/C11H11ClN2O/c12-9-3-1-8(2-4-9)10-7-13-11(14-10)5-6-15/h1-4,7,15H,5-6H2,(H,13,14). The molecule has 0 bridgehead atoms. The topological polar surface area (TPSA) is 48.9 Å². The minimum Gasteiger partial charge on any atom is -0.396 e. The van der Waals surface area contributed by atoms with E-state index in [2.05, 4.69) is 9.97 Å². The lowest BCUT2D eigenvalue weighted by atomic mass is 10.2. The predicted octanol–water partition coefficient (Wildman–Crippen LogP) is 2.26. The Morgan fingerprint density at radius 2 is 2.00 bits per heavy atom. The summed E-state index contributed by atoms with van der Waals surface area (Å²) < 4.78 is 0. The Kier molecular flexibility index (Phi) is 3.04. The van der Waals surface area contributed by atoms with Crippen molar-refractivity contribution in [3.05, 3.63) is 41.3 Å². The molecule has 3 nitrogen and oxygen atoms in total. The van der Waals surface area contributed by atoms with Gasteiger partial charge in [-0.1, -0.05) is 23.7 Å². The van der Waals surface area contributed by atoms with Crippen molar-refractivity contribution in [1.29, 1.82) is 0 Å². The van der Waals surface area contributed by atoms with Crippen LogP contribution in [0.5, 0.6) is 0 Å². The molecule has 0 saturated heterocycles. The Morgan fingerprint density at radius 1 is 1.27 bits per heavy atom. The van der Waals surface area contributed by atoms with Crippen LogP contribution in [0.2, 0.25) is 5.02 Å². The average molecular weight is 223 g/mol. The molecule has 0 fully saturated rings. The van der Waals surface area contributed by atoms with Crippen LogP contribution < -0.4 is 0 Å². The van der Waals surface area contributed by atoms with E-state index in [9.17, 15) is 0 Å². The lowest BCUT2D eigenvalue weighted by molar-refractivity contribution is 0.297. The molecule has 0 amide bonds. The van der Waals surface area contributed by atoms with Crippen LogP contribution in [0.25, 0.3) is 11.3 Å². The first-order valence-electron chi connectivity index (χ1n) is 4.70. The Hall–Kier alpha value is -1.32. The Morgan fingerprint density at radius 3 is 2.67 bits per heavy atom. The minimum absolute atomic E-state index is 0.105. The lowest BCUT2D eigenvalue weighted by Crippen LogP contribution is -1.92. The zero-order valence-electron chi connectivity index (χ0n) is 8.07. The third-order valence-electron chi connectivity index (χ3n) is 2.13. The second kappa shape index (κ2) is 4.47. The molecule has 0 spiro atoms. The van der Waals surface area contributed by atoms with E-state index in [1.54, 1.807) is 6.20 Å². The molecule has 4 heteroatoms. The summed E-state index contributed by atoms with van der Waals surface area (Å²) in [5, 5.41) is 9.47. The van der Waals surface area contributed by atoms with Gasteiger partial charge in [-0.25, -0.2) is 4.98 Å². The number of rotatable bonds is 3. The molecule has 1 heterocycles. The van der Waals surface area contributed by atoms with Crippen molar-refractivity contribution in [3.63, 3.8) is 0 Å². The fraction of sp³-hybridized carbons (Fsp3) is 0.182. The summed E-state index contributed by atoms with van der Waals surface area (Å²) in [6.07, 6.45) is 2.31. The number of aromatic amines is 1. The Labute approximate surface area is 92.7 Å². The molecule has 15 heavy (non-hydrogen) atoms. The molecule has 0 aliphatic rings. The van der Waals surface area contributed by atoms with Gasteiger partial charge in [-0.15, -0.1) is 0 Å². The number of hydrogen-bond acceptors (Lipinski definition) is 2. The molecule has 2 N–H and O–H groups in total. The fourth-order valence-electron chi connectivity index (χ4n) is 1.37. The van der Waals surface area contributed by atoms with Crippen LogP contribution in [0.15, 0.2) is 30.5 Å². The summed E-state index contributed by atoms with van der Waals surface area (Å²) in [6, 6.07) is 7.53. The molecule has 2 aromatic rings. The predicted molar refractivity (Wildman–Crippen MR) is 59.8 cm³/mol. The van der Waals surface area contributed by atoms with Crippen molar-refractivity contribution in [2.24, 2.45) is 0 Å². The maximum Gasteiger partial charge on any atom is 0.108 e. The second-order valence-corrected chi connectivity index (χ2v) is 3.66. The number of imidazole rings is 1. The molecule has 2 rings (SSSR count). The Balaban J connectivity index is 2.25. The van der Waals surface area contributed by atoms with Crippen LogP contribution in [0.3, 0.4) is 0 Å². The third kappa shape index (κ3) is 2.37. The van der Waals surface area contributed by atoms with E-state index in [0.717, 1.165) is 17.1 Å². The van der Waals surface area contributed by atoms with Crippen LogP contribution in [0.1, 0.15) is 5.82 Å². The maximum absolute atomic E-state index is 8.76. The zero-order valence-corrected chi connectivity index (χ0v) is 8.83. The quantitative estimate of drug-likeness (QED) is 0.837. The average Bonchev–Trinajstić information content (AvgIpc) is 2.68.